The Hall–Kier alpha value is -3.30. The predicted octanol–water partition coefficient (Wildman–Crippen LogP) is 10.9. The molecule has 0 aliphatic heterocycles. The summed E-state index contributed by atoms with van der Waals surface area (Å²) < 4.78 is 0. The molecule has 0 unspecified atom stereocenters. The van der Waals surface area contributed by atoms with Crippen molar-refractivity contribution < 1.29 is 29.0 Å². The van der Waals surface area contributed by atoms with Gasteiger partial charge in [-0.25, -0.2) is 0 Å². The smallest absolute Gasteiger partial charge is 0.156 e. The molecule has 0 atom stereocenters. The van der Waals surface area contributed by atoms with E-state index in [1.807, 2.05) is 98.7 Å². The van der Waals surface area contributed by atoms with Crippen LogP contribution in [-0.4, -0.2) is 33.0 Å². The lowest BCUT2D eigenvalue weighted by atomic mass is 9.82. The maximum atomic E-state index is 13.4. The highest BCUT2D eigenvalue weighted by atomic mass is 17.1. The van der Waals surface area contributed by atoms with Crippen molar-refractivity contribution in [2.24, 2.45) is 0 Å². The highest BCUT2D eigenvalue weighted by molar-refractivity contribution is 5.56. The van der Waals surface area contributed by atoms with Crippen LogP contribution in [-0.2, 0) is 38.2 Å². The summed E-state index contributed by atoms with van der Waals surface area (Å²) in [5, 5.41) is 40.0. The van der Waals surface area contributed by atoms with Crippen molar-refractivity contribution >= 4 is 0 Å². The molecule has 0 amide bonds. The van der Waals surface area contributed by atoms with Gasteiger partial charge in [0, 0.05) is 46.2 Å². The van der Waals surface area contributed by atoms with Crippen molar-refractivity contribution in [3.8, 4) is 17.2 Å². The first-order chi connectivity index (χ1) is 24.8. The summed E-state index contributed by atoms with van der Waals surface area (Å²) in [5.41, 5.74) is 3.69. The number of hydrogen-bond donors (Lipinski definition) is 0. The Morgan fingerprint density at radius 1 is 0.400 bits per heavy atom. The fourth-order valence-corrected chi connectivity index (χ4v) is 5.96. The zero-order chi connectivity index (χ0) is 42.1. The van der Waals surface area contributed by atoms with Crippen LogP contribution in [0.4, 0.5) is 0 Å². The SMILES string of the molecule is Cc1cc(Cc2cc(C)cc(C(C)(C)C)c2ON([O-])OC(C)(C)C)c(ON([O-])OC(C)(C)C)c(Cc2cc(C)cc(C(C)(C)C)c2ON([O-])OC(C)(C)C)c1. The topological polar surface area (TPSA) is 134 Å². The van der Waals surface area contributed by atoms with Crippen LogP contribution in [0.15, 0.2) is 36.4 Å². The molecule has 12 heteroatoms. The average Bonchev–Trinajstić information content (AvgIpc) is 2.93. The van der Waals surface area contributed by atoms with E-state index in [4.69, 9.17) is 29.0 Å². The molecule has 3 aromatic rings. The van der Waals surface area contributed by atoms with Crippen molar-refractivity contribution in [3.05, 3.63) is 102 Å². The molecule has 0 aliphatic carbocycles. The molecule has 308 valence electrons. The van der Waals surface area contributed by atoms with Gasteiger partial charge >= 0.3 is 0 Å². The van der Waals surface area contributed by atoms with Gasteiger partial charge in [0.2, 0.25) is 0 Å². The first-order valence-electron chi connectivity index (χ1n) is 18.7. The highest BCUT2D eigenvalue weighted by Gasteiger charge is 2.28. The Kier molecular flexibility index (Phi) is 14.3. The zero-order valence-corrected chi connectivity index (χ0v) is 36.4. The highest BCUT2D eigenvalue weighted by Crippen LogP contribution is 2.42. The summed E-state index contributed by atoms with van der Waals surface area (Å²) in [6.07, 6.45) is 0.407. The van der Waals surface area contributed by atoms with Crippen LogP contribution in [0, 0.1) is 36.4 Å². The van der Waals surface area contributed by atoms with Gasteiger partial charge in [0.25, 0.3) is 0 Å². The minimum Gasteiger partial charge on any atom is -0.728 e. The fraction of sp³-hybridized carbons (Fsp3) is 0.581. The van der Waals surface area contributed by atoms with Gasteiger partial charge < -0.3 is 30.1 Å². The van der Waals surface area contributed by atoms with Crippen LogP contribution >= 0.6 is 0 Å². The van der Waals surface area contributed by atoms with Gasteiger partial charge in [-0.1, -0.05) is 111 Å². The van der Waals surface area contributed by atoms with E-state index in [1.54, 1.807) is 62.3 Å². The molecule has 0 saturated heterocycles. The van der Waals surface area contributed by atoms with Gasteiger partial charge in [-0.3, -0.25) is 14.5 Å². The molecule has 0 saturated carbocycles. The number of hydrogen-bond acceptors (Lipinski definition) is 12. The second-order valence-electron chi connectivity index (χ2n) is 19.4. The molecule has 0 fully saturated rings. The van der Waals surface area contributed by atoms with E-state index < -0.39 is 27.6 Å². The average molecular weight is 767 g/mol. The molecular weight excluding hydrogens is 702 g/mol. The molecule has 0 spiro atoms. The van der Waals surface area contributed by atoms with E-state index in [9.17, 15) is 15.6 Å². The molecule has 0 radical (unpaired) electrons. The number of aryl methyl sites for hydroxylation is 3. The van der Waals surface area contributed by atoms with E-state index in [0.717, 1.165) is 27.8 Å². The molecule has 3 rings (SSSR count). The summed E-state index contributed by atoms with van der Waals surface area (Å²) in [6, 6.07) is 11.7. The Labute approximate surface area is 329 Å². The molecule has 0 N–H and O–H groups in total. The van der Waals surface area contributed by atoms with Crippen LogP contribution in [0.5, 0.6) is 17.2 Å². The summed E-state index contributed by atoms with van der Waals surface area (Å²) >= 11 is 0. The van der Waals surface area contributed by atoms with Crippen LogP contribution in [0.2, 0.25) is 0 Å². The second-order valence-corrected chi connectivity index (χ2v) is 19.4. The maximum absolute atomic E-state index is 13.4. The number of rotatable bonds is 13. The third kappa shape index (κ3) is 14.3. The lowest BCUT2D eigenvalue weighted by Crippen LogP contribution is -2.33. The Morgan fingerprint density at radius 2 is 0.636 bits per heavy atom. The van der Waals surface area contributed by atoms with Gasteiger partial charge in [0.1, 0.15) is 0 Å². The fourth-order valence-electron chi connectivity index (χ4n) is 5.96. The molecule has 0 aliphatic rings. The summed E-state index contributed by atoms with van der Waals surface area (Å²) in [4.78, 5) is 34.5. The second kappa shape index (κ2) is 17.1. The third-order valence-electron chi connectivity index (χ3n) is 7.93. The lowest BCUT2D eigenvalue weighted by molar-refractivity contribution is -0.328. The molecule has 3 aromatic carbocycles. The van der Waals surface area contributed by atoms with Gasteiger partial charge in [0.15, 0.2) is 17.2 Å². The lowest BCUT2D eigenvalue weighted by Gasteiger charge is -2.36. The first kappa shape index (κ1) is 46.1. The van der Waals surface area contributed by atoms with Gasteiger partial charge in [-0.05, 0) is 93.9 Å². The van der Waals surface area contributed by atoms with Crippen LogP contribution in [0.3, 0.4) is 0 Å². The third-order valence-corrected chi connectivity index (χ3v) is 7.93. The van der Waals surface area contributed by atoms with Gasteiger partial charge in [-0.2, -0.15) is 0 Å². The summed E-state index contributed by atoms with van der Waals surface area (Å²) in [6.45, 7) is 34.0. The van der Waals surface area contributed by atoms with Gasteiger partial charge in [0.05, 0.1) is 16.8 Å². The van der Waals surface area contributed by atoms with E-state index in [0.29, 0.717) is 33.8 Å². The Bertz CT molecular complexity index is 1660. The largest absolute Gasteiger partial charge is 0.728 e. The number of nitrogens with zero attached hydrogens (tertiary/aromatic N) is 3. The first-order valence-corrected chi connectivity index (χ1v) is 18.7. The van der Waals surface area contributed by atoms with Crippen LogP contribution in [0.25, 0.3) is 0 Å². The van der Waals surface area contributed by atoms with Crippen molar-refractivity contribution in [1.82, 2.24) is 16.2 Å². The van der Waals surface area contributed by atoms with Crippen molar-refractivity contribution in [1.29, 1.82) is 0 Å². The normalized spacial score (nSPS) is 13.3. The summed E-state index contributed by atoms with van der Waals surface area (Å²) in [7, 11) is 0. The van der Waals surface area contributed by atoms with E-state index in [2.05, 4.69) is 0 Å². The van der Waals surface area contributed by atoms with Crippen molar-refractivity contribution in [2.75, 3.05) is 0 Å². The molecule has 0 bridgehead atoms. The molecular formula is C43H64N3O9-3. The summed E-state index contributed by atoms with van der Waals surface area (Å²) in [5.74, 6) is 0.930. The van der Waals surface area contributed by atoms with E-state index in [1.165, 1.54) is 0 Å². The maximum Gasteiger partial charge on any atom is 0.156 e. The quantitative estimate of drug-likeness (QED) is 0.153. The standard InChI is InChI=1S/C43H64N3O9/c1-27-19-30(25-32-21-28(2)23-34(39(4,5)6)37(32)51-45(48)54-42(13,14)15)36(50-44(47)53-41(10,11)12)31(20-27)26-33-22-29(3)24-35(40(7,8)9)38(33)52-46(49)55-43(16,17)18/h19-24H,25-26H2,1-18H3/q-3. The van der Waals surface area contributed by atoms with Crippen LogP contribution < -0.4 is 14.5 Å². The minimum absolute atomic E-state index is 0.118. The molecule has 0 aromatic heterocycles. The van der Waals surface area contributed by atoms with Crippen molar-refractivity contribution in [2.45, 2.75) is 165 Å². The zero-order valence-electron chi connectivity index (χ0n) is 36.4. The van der Waals surface area contributed by atoms with Crippen molar-refractivity contribution in [3.63, 3.8) is 0 Å². The number of benzene rings is 3. The van der Waals surface area contributed by atoms with Gasteiger partial charge in [-0.15, -0.1) is 0 Å². The molecule has 12 nitrogen and oxygen atoms in total. The predicted molar refractivity (Wildman–Crippen MR) is 217 cm³/mol. The molecule has 55 heavy (non-hydrogen) atoms. The Balaban J connectivity index is 2.33. The monoisotopic (exact) mass is 766 g/mol. The minimum atomic E-state index is -0.861. The van der Waals surface area contributed by atoms with Crippen LogP contribution in [0.1, 0.15) is 154 Å². The Morgan fingerprint density at radius 3 is 0.891 bits per heavy atom. The molecule has 0 heterocycles. The van der Waals surface area contributed by atoms with E-state index >= 15 is 0 Å². The van der Waals surface area contributed by atoms with E-state index in [-0.39, 0.29) is 34.8 Å².